The highest BCUT2D eigenvalue weighted by molar-refractivity contribution is 6.32. The second kappa shape index (κ2) is 7.59. The lowest BCUT2D eigenvalue weighted by Crippen LogP contribution is -2.47. The Hall–Kier alpha value is -1.55. The lowest BCUT2D eigenvalue weighted by atomic mass is 9.99. The Morgan fingerprint density at radius 3 is 2.73 bits per heavy atom. The van der Waals surface area contributed by atoms with Crippen LogP contribution < -0.4 is 11.2 Å². The third-order valence-corrected chi connectivity index (χ3v) is 7.57. The van der Waals surface area contributed by atoms with E-state index in [9.17, 15) is 19.5 Å². The van der Waals surface area contributed by atoms with Crippen molar-refractivity contribution in [2.24, 2.45) is 5.92 Å². The smallest absolute Gasteiger partial charge is 0.330 e. The minimum atomic E-state index is -1.51. The standard InChI is InChI=1S/C17H28N2O6Si/c1-10(2)16(4,5)26-25-12-6-13(24-17(12,8-20)9-21)19-7-11(3)14(22)18-15(19)23/h7-8,10,12-13,21H,6,9,26H2,1-5H3,(H,18,22,23)/t12-,13+,17+/m0/s1. The average Bonchev–Trinajstić information content (AvgIpc) is 2.95. The summed E-state index contributed by atoms with van der Waals surface area (Å²) < 4.78 is 13.1. The van der Waals surface area contributed by atoms with Gasteiger partial charge in [0.25, 0.3) is 5.56 Å². The first-order valence-electron chi connectivity index (χ1n) is 8.75. The third-order valence-electron chi connectivity index (χ3n) is 5.44. The Labute approximate surface area is 154 Å². The average molecular weight is 385 g/mol. The van der Waals surface area contributed by atoms with Gasteiger partial charge >= 0.3 is 5.69 Å². The van der Waals surface area contributed by atoms with Gasteiger partial charge in [-0.05, 0) is 17.9 Å². The van der Waals surface area contributed by atoms with Crippen LogP contribution in [0.3, 0.4) is 0 Å². The maximum absolute atomic E-state index is 12.1. The van der Waals surface area contributed by atoms with Crippen molar-refractivity contribution in [2.45, 2.75) is 64.0 Å². The number of aryl methyl sites for hydroxylation is 1. The van der Waals surface area contributed by atoms with E-state index in [1.165, 1.54) is 10.8 Å². The van der Waals surface area contributed by atoms with Gasteiger partial charge in [0.1, 0.15) is 6.23 Å². The number of hydrogen-bond donors (Lipinski definition) is 2. The Bertz CT molecular complexity index is 771. The predicted molar refractivity (Wildman–Crippen MR) is 99.0 cm³/mol. The highest BCUT2D eigenvalue weighted by Gasteiger charge is 2.50. The second-order valence-corrected chi connectivity index (χ2v) is 10.4. The predicted octanol–water partition coefficient (Wildman–Crippen LogP) is 0.0174. The number of carbonyl (C=O) groups excluding carboxylic acids is 1. The molecule has 0 saturated carbocycles. The maximum atomic E-state index is 12.1. The molecule has 3 atom stereocenters. The molecule has 2 rings (SSSR count). The van der Waals surface area contributed by atoms with Crippen molar-refractivity contribution in [1.29, 1.82) is 0 Å². The fraction of sp³-hybridized carbons (Fsp3) is 0.706. The molecule has 0 aromatic carbocycles. The Kier molecular flexibility index (Phi) is 6.06. The number of aromatic nitrogens is 2. The van der Waals surface area contributed by atoms with Gasteiger partial charge in [-0.3, -0.25) is 19.1 Å². The monoisotopic (exact) mass is 384 g/mol. The first kappa shape index (κ1) is 20.8. The van der Waals surface area contributed by atoms with Gasteiger partial charge in [0.15, 0.2) is 21.7 Å². The number of nitrogens with one attached hydrogen (secondary N) is 1. The van der Waals surface area contributed by atoms with Crippen molar-refractivity contribution in [1.82, 2.24) is 9.55 Å². The van der Waals surface area contributed by atoms with Gasteiger partial charge in [0.2, 0.25) is 0 Å². The number of hydrogen-bond acceptors (Lipinski definition) is 6. The molecule has 2 N–H and O–H groups in total. The molecule has 1 aliphatic heterocycles. The lowest BCUT2D eigenvalue weighted by Gasteiger charge is -2.33. The number of rotatable bonds is 7. The normalized spacial score (nSPS) is 26.9. The molecule has 0 spiro atoms. The van der Waals surface area contributed by atoms with E-state index in [0.29, 0.717) is 17.8 Å². The molecule has 1 saturated heterocycles. The number of aliphatic hydroxyl groups is 1. The van der Waals surface area contributed by atoms with E-state index in [1.54, 1.807) is 6.92 Å². The minimum absolute atomic E-state index is 0.00752. The molecular formula is C17H28N2O6Si. The lowest BCUT2D eigenvalue weighted by molar-refractivity contribution is -0.150. The zero-order chi connectivity index (χ0) is 19.7. The van der Waals surface area contributed by atoms with E-state index >= 15 is 0 Å². The molecule has 0 amide bonds. The highest BCUT2D eigenvalue weighted by atomic mass is 28.2. The summed E-state index contributed by atoms with van der Waals surface area (Å²) in [6, 6.07) is 0. The van der Waals surface area contributed by atoms with Crippen molar-refractivity contribution in [3.8, 4) is 0 Å². The largest absolute Gasteiger partial charge is 0.417 e. The Morgan fingerprint density at radius 1 is 1.54 bits per heavy atom. The van der Waals surface area contributed by atoms with Crippen molar-refractivity contribution in [3.05, 3.63) is 32.6 Å². The first-order valence-corrected chi connectivity index (χ1v) is 10.0. The number of aliphatic hydroxyl groups excluding tert-OH is 1. The van der Waals surface area contributed by atoms with E-state index in [1.807, 2.05) is 0 Å². The molecule has 0 aliphatic carbocycles. The molecular weight excluding hydrogens is 356 g/mol. The summed E-state index contributed by atoms with van der Waals surface area (Å²) in [6.45, 7) is 9.51. The molecule has 0 bridgehead atoms. The molecule has 1 aliphatic rings. The van der Waals surface area contributed by atoms with Gasteiger partial charge in [-0.25, -0.2) is 4.79 Å². The van der Waals surface area contributed by atoms with Crippen LogP contribution in [0.4, 0.5) is 0 Å². The molecule has 0 unspecified atom stereocenters. The van der Waals surface area contributed by atoms with Crippen LogP contribution in [0.1, 0.15) is 45.9 Å². The molecule has 2 heterocycles. The van der Waals surface area contributed by atoms with Crippen LogP contribution in [0.25, 0.3) is 0 Å². The van der Waals surface area contributed by atoms with Crippen molar-refractivity contribution in [2.75, 3.05) is 6.61 Å². The van der Waals surface area contributed by atoms with Crippen LogP contribution in [0.15, 0.2) is 15.8 Å². The molecule has 146 valence electrons. The molecule has 9 heteroatoms. The van der Waals surface area contributed by atoms with E-state index in [-0.39, 0.29) is 11.5 Å². The second-order valence-electron chi connectivity index (χ2n) is 7.96. The zero-order valence-corrected chi connectivity index (χ0v) is 17.4. The summed E-state index contributed by atoms with van der Waals surface area (Å²) >= 11 is 0. The van der Waals surface area contributed by atoms with Gasteiger partial charge in [-0.15, -0.1) is 0 Å². The highest BCUT2D eigenvalue weighted by Crippen LogP contribution is 2.39. The van der Waals surface area contributed by atoms with Crippen LogP contribution >= 0.6 is 0 Å². The van der Waals surface area contributed by atoms with Crippen LogP contribution in [0.5, 0.6) is 0 Å². The quantitative estimate of drug-likeness (QED) is 0.506. The fourth-order valence-corrected chi connectivity index (χ4v) is 4.08. The molecule has 1 aromatic rings. The van der Waals surface area contributed by atoms with Crippen LogP contribution in [0.2, 0.25) is 5.04 Å². The molecule has 1 fully saturated rings. The van der Waals surface area contributed by atoms with Crippen LogP contribution in [-0.4, -0.2) is 49.0 Å². The molecule has 0 radical (unpaired) electrons. The number of ether oxygens (including phenoxy) is 1. The SMILES string of the molecule is Cc1cn([C@H]2C[C@H](O[SiH2]C(C)(C)C(C)C)[C@@](C=O)(CO)O2)c(=O)[nH]c1=O. The summed E-state index contributed by atoms with van der Waals surface area (Å²) in [5.41, 5.74) is -2.24. The minimum Gasteiger partial charge on any atom is -0.417 e. The number of carbonyl (C=O) groups is 1. The number of aldehydes is 1. The Balaban J connectivity index is 2.30. The molecule has 1 aromatic heterocycles. The summed E-state index contributed by atoms with van der Waals surface area (Å²) in [5.74, 6) is 0.413. The van der Waals surface area contributed by atoms with Crippen molar-refractivity contribution >= 4 is 16.0 Å². The first-order chi connectivity index (χ1) is 12.1. The Morgan fingerprint density at radius 2 is 2.19 bits per heavy atom. The number of H-pyrrole nitrogens is 1. The topological polar surface area (TPSA) is 111 Å². The van der Waals surface area contributed by atoms with E-state index in [2.05, 4.69) is 32.7 Å². The molecule has 26 heavy (non-hydrogen) atoms. The summed E-state index contributed by atoms with van der Waals surface area (Å²) in [6.07, 6.45) is 0.760. The summed E-state index contributed by atoms with van der Waals surface area (Å²) in [5, 5.41) is 9.80. The van der Waals surface area contributed by atoms with Gasteiger partial charge in [-0.2, -0.15) is 0 Å². The van der Waals surface area contributed by atoms with Gasteiger partial charge in [0.05, 0.1) is 12.7 Å². The van der Waals surface area contributed by atoms with Crippen LogP contribution in [0, 0.1) is 12.8 Å². The van der Waals surface area contributed by atoms with Gasteiger partial charge in [-0.1, -0.05) is 27.7 Å². The van der Waals surface area contributed by atoms with Crippen LogP contribution in [-0.2, 0) is 14.0 Å². The van der Waals surface area contributed by atoms with E-state index in [4.69, 9.17) is 9.16 Å². The molecule has 8 nitrogen and oxygen atoms in total. The summed E-state index contributed by atoms with van der Waals surface area (Å²) in [4.78, 5) is 37.6. The summed E-state index contributed by atoms with van der Waals surface area (Å²) in [7, 11) is -1.05. The van der Waals surface area contributed by atoms with Crippen molar-refractivity contribution < 1.29 is 19.1 Å². The number of aromatic amines is 1. The van der Waals surface area contributed by atoms with E-state index in [0.717, 1.165) is 0 Å². The third kappa shape index (κ3) is 3.90. The van der Waals surface area contributed by atoms with Gasteiger partial charge < -0.3 is 14.3 Å². The maximum Gasteiger partial charge on any atom is 0.330 e. The van der Waals surface area contributed by atoms with Crippen molar-refractivity contribution in [3.63, 3.8) is 0 Å². The van der Waals surface area contributed by atoms with E-state index < -0.39 is 45.6 Å². The van der Waals surface area contributed by atoms with Gasteiger partial charge in [0, 0.05) is 18.2 Å². The zero-order valence-electron chi connectivity index (χ0n) is 15.9. The number of nitrogens with zero attached hydrogens (tertiary/aromatic N) is 1. The fourth-order valence-electron chi connectivity index (χ4n) is 2.70.